The average molecular weight is 376 g/mol. The largest absolute Gasteiger partial charge is 0.366 e. The second kappa shape index (κ2) is 9.34. The van der Waals surface area contributed by atoms with Gasteiger partial charge < -0.3 is 15.1 Å². The number of hydrogen-bond donors (Lipinski definition) is 1. The first-order chi connectivity index (χ1) is 12.8. The Kier molecular flexibility index (Phi) is 7.15. The van der Waals surface area contributed by atoms with Gasteiger partial charge in [0.25, 0.3) is 11.6 Å². The smallest absolute Gasteiger partial charge is 0.293 e. The van der Waals surface area contributed by atoms with E-state index in [1.165, 1.54) is 18.0 Å². The molecule has 0 radical (unpaired) electrons. The lowest BCUT2D eigenvalue weighted by Crippen LogP contribution is -2.40. The molecule has 0 saturated carbocycles. The van der Waals surface area contributed by atoms with E-state index in [2.05, 4.69) is 5.32 Å². The lowest BCUT2D eigenvalue weighted by atomic mass is 10.1. The molecule has 1 heterocycles. The van der Waals surface area contributed by atoms with Gasteiger partial charge in [-0.3, -0.25) is 19.7 Å². The van der Waals surface area contributed by atoms with Crippen molar-refractivity contribution < 1.29 is 14.5 Å². The van der Waals surface area contributed by atoms with Crippen molar-refractivity contribution in [2.45, 2.75) is 45.6 Å². The van der Waals surface area contributed by atoms with Gasteiger partial charge in [0.05, 0.1) is 11.5 Å². The topological polar surface area (TPSA) is 95.8 Å². The number of amides is 2. The van der Waals surface area contributed by atoms with Crippen LogP contribution in [0.25, 0.3) is 0 Å². The van der Waals surface area contributed by atoms with Crippen LogP contribution < -0.4 is 10.2 Å². The first kappa shape index (κ1) is 20.7. The van der Waals surface area contributed by atoms with Crippen LogP contribution in [-0.4, -0.2) is 54.4 Å². The summed E-state index contributed by atoms with van der Waals surface area (Å²) in [5.74, 6) is -0.684. The Morgan fingerprint density at radius 1 is 1.22 bits per heavy atom. The van der Waals surface area contributed by atoms with Gasteiger partial charge in [0.15, 0.2) is 0 Å². The second-order valence-corrected chi connectivity index (χ2v) is 7.25. The fourth-order valence-corrected chi connectivity index (χ4v) is 3.26. The van der Waals surface area contributed by atoms with E-state index in [4.69, 9.17) is 0 Å². The molecule has 1 aromatic rings. The zero-order chi connectivity index (χ0) is 20.0. The summed E-state index contributed by atoms with van der Waals surface area (Å²) in [4.78, 5) is 38.9. The molecule has 1 saturated heterocycles. The van der Waals surface area contributed by atoms with Crippen LogP contribution in [0.15, 0.2) is 18.2 Å². The van der Waals surface area contributed by atoms with E-state index in [0.29, 0.717) is 5.69 Å². The molecule has 1 fully saturated rings. The molecule has 1 aliphatic rings. The van der Waals surface area contributed by atoms with Crippen molar-refractivity contribution in [2.75, 3.05) is 31.6 Å². The number of nitrogens with one attached hydrogen (secondary N) is 1. The SMILES string of the molecule is CC(C)NC(=O)CN(C)C(=O)c1ccc(N2CCCCCC2)c([N+](=O)[O-])c1. The van der Waals surface area contributed by atoms with Crippen LogP contribution in [-0.2, 0) is 4.79 Å². The van der Waals surface area contributed by atoms with Crippen molar-refractivity contribution in [3.8, 4) is 0 Å². The second-order valence-electron chi connectivity index (χ2n) is 7.25. The third-order valence-corrected chi connectivity index (χ3v) is 4.54. The summed E-state index contributed by atoms with van der Waals surface area (Å²) in [6.07, 6.45) is 4.27. The number of benzene rings is 1. The van der Waals surface area contributed by atoms with Crippen molar-refractivity contribution in [1.82, 2.24) is 10.2 Å². The van der Waals surface area contributed by atoms with Gasteiger partial charge in [0, 0.05) is 37.8 Å². The lowest BCUT2D eigenvalue weighted by Gasteiger charge is -2.23. The van der Waals surface area contributed by atoms with Crippen LogP contribution in [0.3, 0.4) is 0 Å². The number of anilines is 1. The minimum Gasteiger partial charge on any atom is -0.366 e. The Bertz CT molecular complexity index is 697. The van der Waals surface area contributed by atoms with Crippen molar-refractivity contribution in [1.29, 1.82) is 0 Å². The molecule has 0 aliphatic carbocycles. The molecule has 0 spiro atoms. The summed E-state index contributed by atoms with van der Waals surface area (Å²) < 4.78 is 0. The van der Waals surface area contributed by atoms with E-state index >= 15 is 0 Å². The molecule has 148 valence electrons. The maximum absolute atomic E-state index is 12.6. The number of likely N-dealkylation sites (N-methyl/N-ethyl adjacent to an activating group) is 1. The van der Waals surface area contributed by atoms with Crippen LogP contribution in [0.1, 0.15) is 49.9 Å². The number of nitro benzene ring substituents is 1. The van der Waals surface area contributed by atoms with Crippen LogP contribution >= 0.6 is 0 Å². The predicted octanol–water partition coefficient (Wildman–Crippen LogP) is 2.57. The van der Waals surface area contributed by atoms with E-state index in [1.807, 2.05) is 18.7 Å². The quantitative estimate of drug-likeness (QED) is 0.608. The summed E-state index contributed by atoms with van der Waals surface area (Å²) in [5, 5.41) is 14.3. The molecular formula is C19H28N4O4. The number of carbonyl (C=O) groups is 2. The van der Waals surface area contributed by atoms with Crippen LogP contribution in [0.4, 0.5) is 11.4 Å². The van der Waals surface area contributed by atoms with E-state index in [9.17, 15) is 19.7 Å². The standard InChI is InChI=1S/C19H28N4O4/c1-14(2)20-18(24)13-21(3)19(25)15-8-9-16(17(12-15)23(26)27)22-10-6-4-5-7-11-22/h8-9,12,14H,4-7,10-11,13H2,1-3H3,(H,20,24). The van der Waals surface area contributed by atoms with Crippen molar-refractivity contribution >= 4 is 23.2 Å². The third-order valence-electron chi connectivity index (χ3n) is 4.54. The molecule has 8 nitrogen and oxygen atoms in total. The zero-order valence-corrected chi connectivity index (χ0v) is 16.2. The molecule has 1 aliphatic heterocycles. The minimum atomic E-state index is -0.442. The normalized spacial score (nSPS) is 14.6. The maximum atomic E-state index is 12.6. The van der Waals surface area contributed by atoms with E-state index < -0.39 is 10.8 Å². The van der Waals surface area contributed by atoms with E-state index in [0.717, 1.165) is 38.8 Å². The average Bonchev–Trinajstić information content (AvgIpc) is 2.88. The molecule has 8 heteroatoms. The highest BCUT2D eigenvalue weighted by Crippen LogP contribution is 2.31. The fraction of sp³-hybridized carbons (Fsp3) is 0.579. The molecule has 0 unspecified atom stereocenters. The highest BCUT2D eigenvalue weighted by atomic mass is 16.6. The molecule has 2 amide bonds. The summed E-state index contributed by atoms with van der Waals surface area (Å²) >= 11 is 0. The molecule has 0 aromatic heterocycles. The Hall–Kier alpha value is -2.64. The Balaban J connectivity index is 2.20. The van der Waals surface area contributed by atoms with Gasteiger partial charge in [-0.2, -0.15) is 0 Å². The van der Waals surface area contributed by atoms with Gasteiger partial charge in [-0.1, -0.05) is 12.8 Å². The third kappa shape index (κ3) is 5.67. The fourth-order valence-electron chi connectivity index (χ4n) is 3.26. The maximum Gasteiger partial charge on any atom is 0.293 e. The van der Waals surface area contributed by atoms with Gasteiger partial charge in [0.1, 0.15) is 5.69 Å². The van der Waals surface area contributed by atoms with Gasteiger partial charge in [-0.25, -0.2) is 0 Å². The van der Waals surface area contributed by atoms with E-state index in [1.54, 1.807) is 12.1 Å². The van der Waals surface area contributed by atoms with Gasteiger partial charge >= 0.3 is 0 Å². The Morgan fingerprint density at radius 2 is 1.85 bits per heavy atom. The zero-order valence-electron chi connectivity index (χ0n) is 16.2. The van der Waals surface area contributed by atoms with Crippen LogP contribution in [0.2, 0.25) is 0 Å². The van der Waals surface area contributed by atoms with Gasteiger partial charge in [-0.15, -0.1) is 0 Å². The van der Waals surface area contributed by atoms with E-state index in [-0.39, 0.29) is 29.7 Å². The van der Waals surface area contributed by atoms with Crippen LogP contribution in [0.5, 0.6) is 0 Å². The molecule has 1 aromatic carbocycles. The Labute approximate surface area is 159 Å². The summed E-state index contributed by atoms with van der Waals surface area (Å²) in [5.41, 5.74) is 0.696. The van der Waals surface area contributed by atoms with Crippen LogP contribution in [0, 0.1) is 10.1 Å². The molecular weight excluding hydrogens is 348 g/mol. The first-order valence-corrected chi connectivity index (χ1v) is 9.38. The lowest BCUT2D eigenvalue weighted by molar-refractivity contribution is -0.384. The molecule has 1 N–H and O–H groups in total. The number of hydrogen-bond acceptors (Lipinski definition) is 5. The molecule has 27 heavy (non-hydrogen) atoms. The summed E-state index contributed by atoms with van der Waals surface area (Å²) in [7, 11) is 1.51. The summed E-state index contributed by atoms with van der Waals surface area (Å²) in [6.45, 7) is 5.14. The monoisotopic (exact) mass is 376 g/mol. The van der Waals surface area contributed by atoms with Gasteiger partial charge in [0.2, 0.25) is 5.91 Å². The molecule has 0 bridgehead atoms. The number of carbonyl (C=O) groups excluding carboxylic acids is 2. The summed E-state index contributed by atoms with van der Waals surface area (Å²) in [6, 6.07) is 4.56. The highest BCUT2D eigenvalue weighted by Gasteiger charge is 2.24. The van der Waals surface area contributed by atoms with Crippen molar-refractivity contribution in [3.63, 3.8) is 0 Å². The number of nitrogens with zero attached hydrogens (tertiary/aromatic N) is 3. The highest BCUT2D eigenvalue weighted by molar-refractivity contribution is 5.97. The first-order valence-electron chi connectivity index (χ1n) is 9.38. The van der Waals surface area contributed by atoms with Gasteiger partial charge in [-0.05, 0) is 38.8 Å². The van der Waals surface area contributed by atoms with Crippen molar-refractivity contribution in [2.24, 2.45) is 0 Å². The Morgan fingerprint density at radius 3 is 2.41 bits per heavy atom. The van der Waals surface area contributed by atoms with Crippen molar-refractivity contribution in [3.05, 3.63) is 33.9 Å². The number of nitro groups is 1. The predicted molar refractivity (Wildman–Crippen MR) is 104 cm³/mol. The minimum absolute atomic E-state index is 0.0185. The number of rotatable bonds is 6. The molecule has 0 atom stereocenters. The molecule has 2 rings (SSSR count).